The molecule has 1 atom stereocenters. The maximum Gasteiger partial charge on any atom is 0.410 e. The lowest BCUT2D eigenvalue weighted by Gasteiger charge is -2.36. The molecule has 1 aromatic rings. The van der Waals surface area contributed by atoms with Crippen molar-refractivity contribution in [3.63, 3.8) is 0 Å². The molecule has 2 aliphatic rings. The van der Waals surface area contributed by atoms with Gasteiger partial charge in [0, 0.05) is 6.54 Å². The van der Waals surface area contributed by atoms with Crippen molar-refractivity contribution in [3.05, 3.63) is 23.3 Å². The number of carbonyl (C=O) groups is 1. The van der Waals surface area contributed by atoms with Gasteiger partial charge in [0.25, 0.3) is 0 Å². The van der Waals surface area contributed by atoms with Crippen molar-refractivity contribution >= 4 is 6.09 Å². The zero-order chi connectivity index (χ0) is 15.2. The van der Waals surface area contributed by atoms with Gasteiger partial charge in [0.15, 0.2) is 11.5 Å². The van der Waals surface area contributed by atoms with Crippen LogP contribution in [0, 0.1) is 0 Å². The monoisotopic (exact) mass is 291 g/mol. The van der Waals surface area contributed by atoms with Gasteiger partial charge < -0.3 is 19.1 Å². The quantitative estimate of drug-likeness (QED) is 0.736. The van der Waals surface area contributed by atoms with E-state index in [0.717, 1.165) is 23.5 Å². The maximum atomic E-state index is 12.3. The Morgan fingerprint density at radius 2 is 1.95 bits per heavy atom. The molecule has 1 aromatic carbocycles. The summed E-state index contributed by atoms with van der Waals surface area (Å²) in [5.74, 6) is 1.55. The van der Waals surface area contributed by atoms with E-state index < -0.39 is 5.60 Å². The highest BCUT2D eigenvalue weighted by molar-refractivity contribution is 5.70. The molecule has 0 aliphatic carbocycles. The van der Waals surface area contributed by atoms with Crippen LogP contribution in [0.4, 0.5) is 4.79 Å². The molecule has 3 rings (SSSR count). The van der Waals surface area contributed by atoms with Crippen molar-refractivity contribution in [2.75, 3.05) is 13.3 Å². The summed E-state index contributed by atoms with van der Waals surface area (Å²) in [5.41, 5.74) is 1.84. The van der Waals surface area contributed by atoms with Crippen LogP contribution < -0.4 is 9.47 Å². The summed E-state index contributed by atoms with van der Waals surface area (Å²) in [7, 11) is 0. The van der Waals surface area contributed by atoms with Crippen molar-refractivity contribution in [2.45, 2.75) is 45.8 Å². The number of hydrogen-bond donors (Lipinski definition) is 0. The van der Waals surface area contributed by atoms with E-state index in [9.17, 15) is 4.79 Å². The molecule has 0 saturated carbocycles. The van der Waals surface area contributed by atoms with E-state index >= 15 is 0 Å². The number of hydrogen-bond acceptors (Lipinski definition) is 4. The second-order valence-corrected chi connectivity index (χ2v) is 6.50. The van der Waals surface area contributed by atoms with Gasteiger partial charge in [-0.15, -0.1) is 0 Å². The third-order valence-electron chi connectivity index (χ3n) is 3.80. The fraction of sp³-hybridized carbons (Fsp3) is 0.562. The molecule has 0 N–H and O–H groups in total. The van der Waals surface area contributed by atoms with Crippen LogP contribution in [0.2, 0.25) is 0 Å². The van der Waals surface area contributed by atoms with E-state index in [4.69, 9.17) is 14.2 Å². The fourth-order valence-corrected chi connectivity index (χ4v) is 2.78. The molecule has 0 saturated heterocycles. The second-order valence-electron chi connectivity index (χ2n) is 6.50. The summed E-state index contributed by atoms with van der Waals surface area (Å²) in [6.45, 7) is 8.58. The van der Waals surface area contributed by atoms with Crippen molar-refractivity contribution in [2.24, 2.45) is 0 Å². The lowest BCUT2D eigenvalue weighted by Crippen LogP contribution is -2.42. The van der Waals surface area contributed by atoms with Crippen molar-refractivity contribution < 1.29 is 19.0 Å². The number of rotatable bonds is 0. The molecule has 0 aromatic heterocycles. The van der Waals surface area contributed by atoms with Gasteiger partial charge in [-0.05, 0) is 57.4 Å². The van der Waals surface area contributed by atoms with Gasteiger partial charge in [-0.1, -0.05) is 0 Å². The highest BCUT2D eigenvalue weighted by Crippen LogP contribution is 2.40. The molecule has 5 heteroatoms. The molecule has 0 radical (unpaired) electrons. The smallest absolute Gasteiger partial charge is 0.410 e. The number of nitrogens with zero attached hydrogens (tertiary/aromatic N) is 1. The normalized spacial score (nSPS) is 20.2. The van der Waals surface area contributed by atoms with E-state index in [1.54, 1.807) is 4.90 Å². The molecular weight excluding hydrogens is 270 g/mol. The molecule has 1 amide bonds. The van der Waals surface area contributed by atoms with Gasteiger partial charge in [-0.3, -0.25) is 0 Å². The summed E-state index contributed by atoms with van der Waals surface area (Å²) in [6.07, 6.45) is 0.536. The Kier molecular flexibility index (Phi) is 3.23. The van der Waals surface area contributed by atoms with E-state index in [-0.39, 0.29) is 18.9 Å². The number of carbonyl (C=O) groups excluding carboxylic acids is 1. The lowest BCUT2D eigenvalue weighted by atomic mass is 9.93. The maximum absolute atomic E-state index is 12.3. The Balaban J connectivity index is 1.85. The summed E-state index contributed by atoms with van der Waals surface area (Å²) < 4.78 is 16.3. The van der Waals surface area contributed by atoms with E-state index in [0.29, 0.717) is 6.54 Å². The van der Waals surface area contributed by atoms with E-state index in [2.05, 4.69) is 0 Å². The Labute approximate surface area is 124 Å². The van der Waals surface area contributed by atoms with Crippen molar-refractivity contribution in [3.8, 4) is 11.5 Å². The molecule has 0 bridgehead atoms. The van der Waals surface area contributed by atoms with Gasteiger partial charge in [0.1, 0.15) is 5.60 Å². The van der Waals surface area contributed by atoms with Crippen molar-refractivity contribution in [1.82, 2.24) is 4.90 Å². The predicted molar refractivity (Wildman–Crippen MR) is 77.6 cm³/mol. The van der Waals surface area contributed by atoms with Crippen LogP contribution in [0.25, 0.3) is 0 Å². The topological polar surface area (TPSA) is 48.0 Å². The summed E-state index contributed by atoms with van der Waals surface area (Å²) in [5, 5.41) is 0. The van der Waals surface area contributed by atoms with Crippen LogP contribution >= 0.6 is 0 Å². The van der Waals surface area contributed by atoms with Crippen LogP contribution in [-0.4, -0.2) is 29.9 Å². The van der Waals surface area contributed by atoms with Crippen LogP contribution in [-0.2, 0) is 11.2 Å². The zero-order valence-electron chi connectivity index (χ0n) is 12.9. The Hall–Kier alpha value is -1.91. The largest absolute Gasteiger partial charge is 0.454 e. The highest BCUT2D eigenvalue weighted by Gasteiger charge is 2.32. The Bertz CT molecular complexity index is 576. The van der Waals surface area contributed by atoms with E-state index in [1.165, 1.54) is 5.56 Å². The summed E-state index contributed by atoms with van der Waals surface area (Å²) >= 11 is 0. The van der Waals surface area contributed by atoms with Crippen LogP contribution in [0.1, 0.15) is 44.9 Å². The minimum absolute atomic E-state index is 0.0295. The molecule has 0 unspecified atom stereocenters. The average Bonchev–Trinajstić information content (AvgIpc) is 2.82. The average molecular weight is 291 g/mol. The van der Waals surface area contributed by atoms with Gasteiger partial charge in [-0.2, -0.15) is 0 Å². The molecular formula is C16H21NO4. The SMILES string of the molecule is C[C@@H]1c2cc3c(cc2CCN1C(=O)OC(C)(C)C)OCO3. The first-order chi connectivity index (χ1) is 9.85. The summed E-state index contributed by atoms with van der Waals surface area (Å²) in [6, 6.07) is 3.98. The highest BCUT2D eigenvalue weighted by atomic mass is 16.7. The zero-order valence-corrected chi connectivity index (χ0v) is 12.9. The number of benzene rings is 1. The standard InChI is InChI=1S/C16H21NO4/c1-10-12-8-14-13(19-9-20-14)7-11(12)5-6-17(10)15(18)21-16(2,3)4/h7-8,10H,5-6,9H2,1-4H3/t10-/m1/s1. The molecule has 2 aliphatic heterocycles. The Morgan fingerprint density at radius 3 is 2.62 bits per heavy atom. The van der Waals surface area contributed by atoms with Gasteiger partial charge in [-0.25, -0.2) is 4.79 Å². The first kappa shape index (κ1) is 14.0. The molecule has 5 nitrogen and oxygen atoms in total. The van der Waals surface area contributed by atoms with Crippen LogP contribution in [0.3, 0.4) is 0 Å². The van der Waals surface area contributed by atoms with Gasteiger partial charge in [0.2, 0.25) is 6.79 Å². The molecule has 0 fully saturated rings. The van der Waals surface area contributed by atoms with E-state index in [1.807, 2.05) is 39.8 Å². The molecule has 0 spiro atoms. The molecule has 2 heterocycles. The fourth-order valence-electron chi connectivity index (χ4n) is 2.78. The first-order valence-corrected chi connectivity index (χ1v) is 7.27. The number of ether oxygens (including phenoxy) is 3. The minimum Gasteiger partial charge on any atom is -0.454 e. The number of fused-ring (bicyclic) bond motifs is 2. The third-order valence-corrected chi connectivity index (χ3v) is 3.80. The minimum atomic E-state index is -0.480. The van der Waals surface area contributed by atoms with Crippen LogP contribution in [0.15, 0.2) is 12.1 Å². The van der Waals surface area contributed by atoms with Gasteiger partial charge >= 0.3 is 6.09 Å². The second kappa shape index (κ2) is 4.83. The van der Waals surface area contributed by atoms with Gasteiger partial charge in [0.05, 0.1) is 6.04 Å². The number of amides is 1. The van der Waals surface area contributed by atoms with Crippen molar-refractivity contribution in [1.29, 1.82) is 0 Å². The Morgan fingerprint density at radius 1 is 1.29 bits per heavy atom. The predicted octanol–water partition coefficient (Wildman–Crippen LogP) is 3.27. The van der Waals surface area contributed by atoms with Crippen LogP contribution in [0.5, 0.6) is 11.5 Å². The lowest BCUT2D eigenvalue weighted by molar-refractivity contribution is 0.0159. The first-order valence-electron chi connectivity index (χ1n) is 7.27. The molecule has 114 valence electrons. The molecule has 21 heavy (non-hydrogen) atoms. The third kappa shape index (κ3) is 2.64. The summed E-state index contributed by atoms with van der Waals surface area (Å²) in [4.78, 5) is 14.1.